The van der Waals surface area contributed by atoms with E-state index in [2.05, 4.69) is 73.5 Å². The van der Waals surface area contributed by atoms with Gasteiger partial charge in [0.1, 0.15) is 0 Å². The van der Waals surface area contributed by atoms with Gasteiger partial charge >= 0.3 is 187 Å². The van der Waals surface area contributed by atoms with Crippen LogP contribution in [0.3, 0.4) is 0 Å². The van der Waals surface area contributed by atoms with Crippen molar-refractivity contribution in [2.45, 2.75) is 117 Å². The van der Waals surface area contributed by atoms with Gasteiger partial charge in [-0.05, 0) is 0 Å². The maximum atomic E-state index is 4.23. The third-order valence-corrected chi connectivity index (χ3v) is 41.4. The molecule has 0 heterocycles. The van der Waals surface area contributed by atoms with Crippen LogP contribution >= 0.6 is 7.26 Å². The summed E-state index contributed by atoms with van der Waals surface area (Å²) >= 11 is 0. The molecular weight excluding hydrogens is 420 g/mol. The van der Waals surface area contributed by atoms with Crippen molar-refractivity contribution in [3.8, 4) is 11.2 Å². The molecule has 0 amide bonds. The fourth-order valence-electron chi connectivity index (χ4n) is 6.11. The molecule has 5 heteroatoms. The first kappa shape index (κ1) is 28.9. The molecule has 0 aliphatic rings. The van der Waals surface area contributed by atoms with Crippen LogP contribution in [-0.2, 0) is 0 Å². The van der Waals surface area contributed by atoms with Crippen LogP contribution in [0, 0.1) is 11.2 Å². The third-order valence-electron chi connectivity index (χ3n) is 9.28. The quantitative estimate of drug-likeness (QED) is 0.134. The Morgan fingerprint density at radius 3 is 0.857 bits per heavy atom. The standard InChI is InChI=1S/C23H55PSi4/c1-10-26(11-2,12-3)21-24(19-20-25,22-27(13-4,14-5)15-6)23-28(16-7,17-8)18-9/h24H,10-18,21-23H2,1-9,25H3. The van der Waals surface area contributed by atoms with E-state index in [0.717, 1.165) is 10.2 Å². The minimum absolute atomic E-state index is 1.08. The molecule has 0 nitrogen and oxygen atoms in total. The second-order valence-corrected chi connectivity index (χ2v) is 32.8. The number of hydrogen-bond acceptors (Lipinski definition) is 0. The van der Waals surface area contributed by atoms with Gasteiger partial charge in [0.25, 0.3) is 0 Å². The molecule has 0 saturated carbocycles. The van der Waals surface area contributed by atoms with E-state index in [1.807, 2.05) is 0 Å². The van der Waals surface area contributed by atoms with Crippen LogP contribution in [0.5, 0.6) is 0 Å². The first-order chi connectivity index (χ1) is 13.2. The van der Waals surface area contributed by atoms with Crippen LogP contribution in [0.2, 0.25) is 54.4 Å². The van der Waals surface area contributed by atoms with E-state index in [1.165, 1.54) is 54.4 Å². The zero-order chi connectivity index (χ0) is 21.9. The van der Waals surface area contributed by atoms with Crippen molar-refractivity contribution < 1.29 is 0 Å². The van der Waals surface area contributed by atoms with Gasteiger partial charge in [-0.3, -0.25) is 0 Å². The molecule has 0 aromatic rings. The molecule has 0 spiro atoms. The summed E-state index contributed by atoms with van der Waals surface area (Å²) in [6, 6.07) is 13.5. The second-order valence-electron chi connectivity index (χ2n) is 9.87. The Morgan fingerprint density at radius 1 is 0.500 bits per heavy atom. The Hall–Kier alpha value is 0.858. The average molecular weight is 475 g/mol. The molecular formula is C23H55PSi4. The van der Waals surface area contributed by atoms with Crippen LogP contribution in [0.4, 0.5) is 0 Å². The molecule has 28 heavy (non-hydrogen) atoms. The van der Waals surface area contributed by atoms with Crippen LogP contribution in [0.25, 0.3) is 0 Å². The zero-order valence-corrected chi connectivity index (χ0v) is 27.5. The molecule has 168 valence electrons. The van der Waals surface area contributed by atoms with Crippen LogP contribution in [-0.4, -0.2) is 51.8 Å². The molecule has 0 aromatic heterocycles. The predicted octanol–water partition coefficient (Wildman–Crippen LogP) is 7.16. The maximum absolute atomic E-state index is 4.23. The van der Waals surface area contributed by atoms with Gasteiger partial charge in [0, 0.05) is 0 Å². The van der Waals surface area contributed by atoms with Crippen LogP contribution in [0.1, 0.15) is 62.3 Å². The Balaban J connectivity index is 6.51. The van der Waals surface area contributed by atoms with Crippen molar-refractivity contribution >= 4 is 41.7 Å². The number of hydrogen-bond donors (Lipinski definition) is 0. The summed E-state index contributed by atoms with van der Waals surface area (Å²) in [6.45, 7) is 22.8. The van der Waals surface area contributed by atoms with Crippen LogP contribution in [0.15, 0.2) is 0 Å². The summed E-state index contributed by atoms with van der Waals surface area (Å²) in [5.74, 6) is 4.96. The van der Waals surface area contributed by atoms with Crippen molar-refractivity contribution in [3.05, 3.63) is 0 Å². The van der Waals surface area contributed by atoms with Gasteiger partial charge in [0.2, 0.25) is 0 Å². The van der Waals surface area contributed by atoms with Gasteiger partial charge in [-0.1, -0.05) is 0 Å². The van der Waals surface area contributed by atoms with Gasteiger partial charge in [-0.25, -0.2) is 0 Å². The first-order valence-corrected chi connectivity index (χ1v) is 24.8. The van der Waals surface area contributed by atoms with Gasteiger partial charge in [-0.15, -0.1) is 0 Å². The zero-order valence-electron chi connectivity index (χ0n) is 21.5. The van der Waals surface area contributed by atoms with Crippen molar-refractivity contribution in [1.29, 1.82) is 0 Å². The minimum atomic E-state index is -1.53. The summed E-state index contributed by atoms with van der Waals surface area (Å²) < 4.78 is 0. The van der Waals surface area contributed by atoms with E-state index in [1.54, 1.807) is 17.4 Å². The Bertz CT molecular complexity index is 403. The van der Waals surface area contributed by atoms with E-state index in [9.17, 15) is 0 Å². The van der Waals surface area contributed by atoms with E-state index < -0.39 is 31.5 Å². The van der Waals surface area contributed by atoms with Gasteiger partial charge in [0.15, 0.2) is 0 Å². The Morgan fingerprint density at radius 2 is 0.714 bits per heavy atom. The molecule has 0 saturated heterocycles. The van der Waals surface area contributed by atoms with E-state index in [0.29, 0.717) is 0 Å². The molecule has 0 bridgehead atoms. The summed E-state index contributed by atoms with van der Waals surface area (Å²) in [4.78, 5) is 0. The summed E-state index contributed by atoms with van der Waals surface area (Å²) in [5, 5.41) is 0. The Labute approximate surface area is 186 Å². The summed E-state index contributed by atoms with van der Waals surface area (Å²) in [6.07, 6.45) is 0. The first-order valence-electron chi connectivity index (χ1n) is 12.7. The molecule has 0 aromatic carbocycles. The molecule has 0 fully saturated rings. The number of rotatable bonds is 15. The molecule has 0 aliphatic carbocycles. The van der Waals surface area contributed by atoms with Crippen molar-refractivity contribution in [2.24, 2.45) is 0 Å². The fraction of sp³-hybridized carbons (Fsp3) is 0.913. The van der Waals surface area contributed by atoms with Gasteiger partial charge in [0.05, 0.1) is 0 Å². The monoisotopic (exact) mass is 474 g/mol. The van der Waals surface area contributed by atoms with E-state index >= 15 is 0 Å². The summed E-state index contributed by atoms with van der Waals surface area (Å²) in [7, 11) is -3.90. The SMILES string of the molecule is CC[Si](CC)(CC)C[PH](C#C[SiH3])(C[Si](CC)(CC)CC)C[Si](CC)(CC)CC. The van der Waals surface area contributed by atoms with Gasteiger partial charge < -0.3 is 0 Å². The molecule has 0 unspecified atom stereocenters. The Kier molecular flexibility index (Phi) is 13.7. The average Bonchev–Trinajstić information content (AvgIpc) is 2.75. The van der Waals surface area contributed by atoms with Gasteiger partial charge in [-0.2, -0.15) is 0 Å². The van der Waals surface area contributed by atoms with Crippen LogP contribution < -0.4 is 0 Å². The topological polar surface area (TPSA) is 0 Å². The van der Waals surface area contributed by atoms with E-state index in [4.69, 9.17) is 0 Å². The van der Waals surface area contributed by atoms with Crippen molar-refractivity contribution in [2.75, 3.05) is 17.4 Å². The summed E-state index contributed by atoms with van der Waals surface area (Å²) in [5.41, 5.74) is 7.94. The normalized spacial score (nSPS) is 14.0. The second kappa shape index (κ2) is 13.3. The molecule has 0 N–H and O–H groups in total. The van der Waals surface area contributed by atoms with Crippen molar-refractivity contribution in [1.82, 2.24) is 0 Å². The fourth-order valence-corrected chi connectivity index (χ4v) is 44.9. The third kappa shape index (κ3) is 7.22. The van der Waals surface area contributed by atoms with Crippen molar-refractivity contribution in [3.63, 3.8) is 0 Å². The molecule has 0 rings (SSSR count). The molecule has 0 atom stereocenters. The molecule has 0 radical (unpaired) electrons. The molecule has 0 aliphatic heterocycles. The predicted molar refractivity (Wildman–Crippen MR) is 152 cm³/mol. The van der Waals surface area contributed by atoms with E-state index in [-0.39, 0.29) is 0 Å².